The highest BCUT2D eigenvalue weighted by molar-refractivity contribution is 5.89. The lowest BCUT2D eigenvalue weighted by molar-refractivity contribution is 0.142. The number of aromatic nitrogens is 2. The normalized spacial score (nSPS) is 17.8. The smallest absolute Gasteiger partial charge is 0.416 e. The van der Waals surface area contributed by atoms with E-state index in [0.29, 0.717) is 18.1 Å². The van der Waals surface area contributed by atoms with Gasteiger partial charge < -0.3 is 14.6 Å². The first kappa shape index (κ1) is 20.8. The molecule has 4 rings (SSSR count). The van der Waals surface area contributed by atoms with E-state index in [2.05, 4.69) is 16.9 Å². The molecule has 7 nitrogen and oxygen atoms in total. The molecule has 1 N–H and O–H groups in total. The zero-order chi connectivity index (χ0) is 21.8. The molecule has 0 radical (unpaired) electrons. The van der Waals surface area contributed by atoms with E-state index in [1.807, 2.05) is 54.6 Å². The molecule has 0 unspecified atom stereocenters. The predicted molar refractivity (Wildman–Crippen MR) is 116 cm³/mol. The highest BCUT2D eigenvalue weighted by Gasteiger charge is 2.38. The number of carbonyl (C=O) groups excluding carboxylic acids is 1. The van der Waals surface area contributed by atoms with Crippen LogP contribution in [0.1, 0.15) is 31.2 Å². The van der Waals surface area contributed by atoms with Gasteiger partial charge in [0.2, 0.25) is 0 Å². The maximum absolute atomic E-state index is 12.2. The van der Waals surface area contributed by atoms with Crippen LogP contribution in [0, 0.1) is 0 Å². The van der Waals surface area contributed by atoms with E-state index in [1.165, 1.54) is 4.90 Å². The molecule has 0 bridgehead atoms. The maximum Gasteiger partial charge on any atom is 0.416 e. The van der Waals surface area contributed by atoms with Crippen LogP contribution in [0.2, 0.25) is 0 Å². The molecule has 3 aromatic rings. The second kappa shape index (κ2) is 9.14. The molecule has 2 heterocycles. The van der Waals surface area contributed by atoms with Gasteiger partial charge in [-0.1, -0.05) is 37.3 Å². The number of anilines is 1. The summed E-state index contributed by atoms with van der Waals surface area (Å²) < 4.78 is 11.0. The fraction of sp³-hybridized carbons (Fsp3) is 0.292. The average Bonchev–Trinajstić information content (AvgIpc) is 3.16. The largest absolute Gasteiger partial charge is 0.457 e. The van der Waals surface area contributed by atoms with E-state index in [-0.39, 0.29) is 12.5 Å². The third-order valence-electron chi connectivity index (χ3n) is 5.30. The Morgan fingerprint density at radius 3 is 2.68 bits per heavy atom. The molecule has 7 heteroatoms. The number of hydrogen-bond acceptors (Lipinski definition) is 6. The summed E-state index contributed by atoms with van der Waals surface area (Å²) in [6.07, 6.45) is 0.986. The van der Waals surface area contributed by atoms with Crippen molar-refractivity contribution < 1.29 is 19.4 Å². The summed E-state index contributed by atoms with van der Waals surface area (Å²) in [6.45, 7) is 3.87. The van der Waals surface area contributed by atoms with Gasteiger partial charge in [-0.3, -0.25) is 4.90 Å². The van der Waals surface area contributed by atoms with Crippen molar-refractivity contribution in [3.8, 4) is 11.5 Å². The van der Waals surface area contributed by atoms with Gasteiger partial charge >= 0.3 is 6.09 Å². The van der Waals surface area contributed by atoms with Crippen molar-refractivity contribution in [3.05, 3.63) is 78.2 Å². The lowest BCUT2D eigenvalue weighted by atomic mass is 9.97. The molecule has 31 heavy (non-hydrogen) atoms. The number of hydrogen-bond donors (Lipinski definition) is 1. The van der Waals surface area contributed by atoms with E-state index < -0.39 is 18.2 Å². The monoisotopic (exact) mass is 419 g/mol. The number of cyclic esters (lactones) is 1. The first-order chi connectivity index (χ1) is 15.0. The molecule has 1 amide bonds. The second-order valence-electron chi connectivity index (χ2n) is 7.68. The van der Waals surface area contributed by atoms with Gasteiger partial charge in [0.15, 0.2) is 0 Å². The minimum absolute atomic E-state index is 0.132. The van der Waals surface area contributed by atoms with Gasteiger partial charge in [-0.15, -0.1) is 0 Å². The fourth-order valence-electron chi connectivity index (χ4n) is 3.58. The number of aliphatic hydroxyl groups excluding tert-OH is 1. The van der Waals surface area contributed by atoms with Crippen LogP contribution in [0.4, 0.5) is 10.6 Å². The topological polar surface area (TPSA) is 84.8 Å². The zero-order valence-corrected chi connectivity index (χ0v) is 17.5. The van der Waals surface area contributed by atoms with E-state index >= 15 is 0 Å². The van der Waals surface area contributed by atoms with Crippen LogP contribution in [0.25, 0.3) is 0 Å². The molecule has 1 saturated heterocycles. The van der Waals surface area contributed by atoms with Crippen molar-refractivity contribution in [1.29, 1.82) is 0 Å². The number of benzene rings is 2. The third kappa shape index (κ3) is 4.83. The van der Waals surface area contributed by atoms with Crippen LogP contribution in [0.5, 0.6) is 11.5 Å². The Bertz CT molecular complexity index is 1040. The fourth-order valence-corrected chi connectivity index (χ4v) is 3.58. The van der Waals surface area contributed by atoms with Gasteiger partial charge in [-0.05, 0) is 48.7 Å². The van der Waals surface area contributed by atoms with E-state index in [0.717, 1.165) is 17.1 Å². The van der Waals surface area contributed by atoms with Gasteiger partial charge in [0.25, 0.3) is 0 Å². The highest BCUT2D eigenvalue weighted by atomic mass is 16.6. The minimum atomic E-state index is -0.726. The number of amides is 1. The number of nitrogens with zero attached hydrogens (tertiary/aromatic N) is 3. The molecule has 1 aliphatic rings. The van der Waals surface area contributed by atoms with Gasteiger partial charge in [0, 0.05) is 12.6 Å². The average molecular weight is 419 g/mol. The molecule has 1 fully saturated rings. The Hall–Kier alpha value is -3.45. The molecule has 2 aromatic carbocycles. The summed E-state index contributed by atoms with van der Waals surface area (Å²) in [5.41, 5.74) is 1.10. The first-order valence-electron chi connectivity index (χ1n) is 10.3. The molecule has 1 aliphatic heterocycles. The molecular weight excluding hydrogens is 394 g/mol. The van der Waals surface area contributed by atoms with Crippen molar-refractivity contribution in [1.82, 2.24) is 9.97 Å². The van der Waals surface area contributed by atoms with Crippen LogP contribution in [0.15, 0.2) is 66.9 Å². The summed E-state index contributed by atoms with van der Waals surface area (Å²) in [5.74, 6) is 2.74. The maximum atomic E-state index is 12.2. The molecule has 0 spiro atoms. The summed E-state index contributed by atoms with van der Waals surface area (Å²) >= 11 is 0. The summed E-state index contributed by atoms with van der Waals surface area (Å²) in [6, 6.07) is 18.8. The van der Waals surface area contributed by atoms with E-state index in [1.54, 1.807) is 19.2 Å². The SMILES string of the molecule is C[C@H](Cc1nccc(N2C(=O)OC[C@@H]2[C@@H](C)O)n1)c1cccc(Oc2ccccc2)c1. The molecule has 3 atom stereocenters. The van der Waals surface area contributed by atoms with E-state index in [4.69, 9.17) is 9.47 Å². The molecule has 160 valence electrons. The number of para-hydroxylation sites is 1. The van der Waals surface area contributed by atoms with Gasteiger partial charge in [0.1, 0.15) is 35.8 Å². The summed E-state index contributed by atoms with van der Waals surface area (Å²) in [4.78, 5) is 22.5. The third-order valence-corrected chi connectivity index (χ3v) is 5.30. The van der Waals surface area contributed by atoms with Crippen molar-refractivity contribution in [2.75, 3.05) is 11.5 Å². The summed E-state index contributed by atoms with van der Waals surface area (Å²) in [5, 5.41) is 9.97. The lowest BCUT2D eigenvalue weighted by Crippen LogP contribution is -2.41. The standard InChI is InChI=1S/C24H25N3O4/c1-16(18-7-6-10-20(14-18)31-19-8-4-3-5-9-19)13-22-25-12-11-23(26-22)27-21(17(2)28)15-30-24(27)29/h3-12,14,16-17,21,28H,13,15H2,1-2H3/t16-,17-,21-/m1/s1. The Morgan fingerprint density at radius 1 is 1.13 bits per heavy atom. The van der Waals surface area contributed by atoms with Gasteiger partial charge in [0.05, 0.1) is 6.10 Å². The van der Waals surface area contributed by atoms with Crippen LogP contribution in [0.3, 0.4) is 0 Å². The highest BCUT2D eigenvalue weighted by Crippen LogP contribution is 2.28. The van der Waals surface area contributed by atoms with E-state index in [9.17, 15) is 9.90 Å². The lowest BCUT2D eigenvalue weighted by Gasteiger charge is -2.22. The van der Waals surface area contributed by atoms with Crippen molar-refractivity contribution >= 4 is 11.9 Å². The van der Waals surface area contributed by atoms with Gasteiger partial charge in [-0.25, -0.2) is 14.8 Å². The zero-order valence-electron chi connectivity index (χ0n) is 17.5. The summed E-state index contributed by atoms with van der Waals surface area (Å²) in [7, 11) is 0. The van der Waals surface area contributed by atoms with Crippen LogP contribution >= 0.6 is 0 Å². The molecule has 1 aromatic heterocycles. The number of carbonyl (C=O) groups is 1. The second-order valence-corrected chi connectivity index (χ2v) is 7.68. The predicted octanol–water partition coefficient (Wildman–Crippen LogP) is 4.32. The van der Waals surface area contributed by atoms with Crippen LogP contribution < -0.4 is 9.64 Å². The number of ether oxygens (including phenoxy) is 2. The van der Waals surface area contributed by atoms with Gasteiger partial charge in [-0.2, -0.15) is 0 Å². The quantitative estimate of drug-likeness (QED) is 0.614. The van der Waals surface area contributed by atoms with Crippen LogP contribution in [-0.2, 0) is 11.2 Å². The minimum Gasteiger partial charge on any atom is -0.457 e. The van der Waals surface area contributed by atoms with Crippen molar-refractivity contribution in [3.63, 3.8) is 0 Å². The van der Waals surface area contributed by atoms with Crippen molar-refractivity contribution in [2.24, 2.45) is 0 Å². The Morgan fingerprint density at radius 2 is 1.90 bits per heavy atom. The molecular formula is C24H25N3O4. The Kier molecular flexibility index (Phi) is 6.13. The first-order valence-corrected chi connectivity index (χ1v) is 10.3. The number of aliphatic hydroxyl groups is 1. The molecule has 0 saturated carbocycles. The van der Waals surface area contributed by atoms with Crippen LogP contribution in [-0.4, -0.2) is 39.9 Å². The Balaban J connectivity index is 1.49. The molecule has 0 aliphatic carbocycles. The van der Waals surface area contributed by atoms with Crippen molar-refractivity contribution in [2.45, 2.75) is 38.3 Å². The number of rotatable bonds is 7. The Labute approximate surface area is 181 Å².